The first-order valence-electron chi connectivity index (χ1n) is 11.1. The topological polar surface area (TPSA) is 85.2 Å². The van der Waals surface area contributed by atoms with Gasteiger partial charge in [0.2, 0.25) is 12.5 Å². The first kappa shape index (κ1) is 21.0. The zero-order valence-electron chi connectivity index (χ0n) is 17.9. The Morgan fingerprint density at radius 2 is 2.07 bits per heavy atom. The van der Waals surface area contributed by atoms with E-state index in [1.54, 1.807) is 6.92 Å². The fourth-order valence-corrected chi connectivity index (χ4v) is 7.06. The second-order valence-electron chi connectivity index (χ2n) is 9.65. The lowest BCUT2D eigenvalue weighted by molar-refractivity contribution is -0.142. The summed E-state index contributed by atoms with van der Waals surface area (Å²) < 4.78 is 6.24. The van der Waals surface area contributed by atoms with E-state index in [4.69, 9.17) is 21.1 Å². The Kier molecular flexibility index (Phi) is 5.42. The molecule has 30 heavy (non-hydrogen) atoms. The molecule has 0 amide bonds. The normalized spacial score (nSPS) is 40.4. The highest BCUT2D eigenvalue weighted by atomic mass is 16.7. The number of ether oxygens (including phenoxy) is 1. The van der Waals surface area contributed by atoms with Gasteiger partial charge < -0.3 is 14.7 Å². The first-order valence-corrected chi connectivity index (χ1v) is 11.1. The molecule has 3 fully saturated rings. The van der Waals surface area contributed by atoms with E-state index < -0.39 is 18.2 Å². The van der Waals surface area contributed by atoms with E-state index in [0.717, 1.165) is 44.9 Å². The molecule has 4 rings (SSSR count). The molecule has 0 aromatic heterocycles. The van der Waals surface area contributed by atoms with Gasteiger partial charge in [0.1, 0.15) is 0 Å². The summed E-state index contributed by atoms with van der Waals surface area (Å²) in [6.45, 7) is 3.43. The molecule has 0 spiro atoms. The van der Waals surface area contributed by atoms with Crippen molar-refractivity contribution in [1.29, 1.82) is 0 Å². The van der Waals surface area contributed by atoms with Crippen molar-refractivity contribution >= 4 is 17.7 Å². The van der Waals surface area contributed by atoms with Gasteiger partial charge in [0, 0.05) is 18.8 Å². The number of carboxylic acid groups (broad SMARTS) is 1. The third-order valence-electron chi connectivity index (χ3n) is 8.36. The summed E-state index contributed by atoms with van der Waals surface area (Å²) in [6.07, 6.45) is 15.7. The smallest absolute Gasteiger partial charge is 0.344 e. The van der Waals surface area contributed by atoms with E-state index in [-0.39, 0.29) is 11.3 Å². The maximum atomic E-state index is 11.9. The molecular formula is C24H31NO5. The molecule has 0 aromatic carbocycles. The van der Waals surface area contributed by atoms with Gasteiger partial charge in [-0.3, -0.25) is 4.79 Å². The number of allylic oxidation sites excluding steroid dienone is 1. The molecule has 162 valence electrons. The molecular weight excluding hydrogens is 382 g/mol. The molecule has 0 saturated heterocycles. The van der Waals surface area contributed by atoms with Crippen molar-refractivity contribution in [2.75, 3.05) is 6.61 Å². The molecule has 0 aliphatic heterocycles. The number of nitrogens with zero attached hydrogens (tertiary/aromatic N) is 1. The van der Waals surface area contributed by atoms with Crippen molar-refractivity contribution in [2.45, 2.75) is 70.8 Å². The van der Waals surface area contributed by atoms with Crippen LogP contribution in [0.1, 0.15) is 65.2 Å². The van der Waals surface area contributed by atoms with Crippen LogP contribution in [0.4, 0.5) is 0 Å². The summed E-state index contributed by atoms with van der Waals surface area (Å²) in [5.41, 5.74) is 0.478. The fraction of sp³-hybridized carbons (Fsp3) is 0.708. The highest BCUT2D eigenvalue weighted by molar-refractivity contribution is 5.91. The van der Waals surface area contributed by atoms with Gasteiger partial charge in [-0.25, -0.2) is 4.79 Å². The lowest BCUT2D eigenvalue weighted by Gasteiger charge is -2.55. The molecule has 0 heterocycles. The largest absolute Gasteiger partial charge is 0.479 e. The number of ketones is 1. The Labute approximate surface area is 178 Å². The lowest BCUT2D eigenvalue weighted by Crippen LogP contribution is -2.53. The average molecular weight is 414 g/mol. The Morgan fingerprint density at radius 3 is 2.80 bits per heavy atom. The van der Waals surface area contributed by atoms with Crippen molar-refractivity contribution < 1.29 is 24.3 Å². The number of carbonyl (C=O) groups excluding carboxylic acids is 1. The highest BCUT2D eigenvalue weighted by Gasteiger charge is 2.64. The number of carbonyl (C=O) groups is 2. The standard InChI is InChI=1S/C24H31NO5/c1-4-24(30-15(2)25-29-14-22(27)28)12-10-21-20-7-5-16-13-17(26)6-8-18(16)19(20)9-11-23(21,24)3/h1,13,18-21H,5-12,14H2,2-3H3,(H,27,28)/b25-15-/t18-,19?,20?,21?,23-,24+/m0/s1. The molecule has 4 aliphatic rings. The summed E-state index contributed by atoms with van der Waals surface area (Å²) >= 11 is 0. The number of fused-ring (bicyclic) bond motifs is 5. The molecule has 0 radical (unpaired) electrons. The molecule has 3 unspecified atom stereocenters. The number of carboxylic acids is 1. The Bertz CT molecular complexity index is 839. The average Bonchev–Trinajstić information content (AvgIpc) is 3.00. The SMILES string of the molecule is C#C[C@@]1(O/C(C)=N\OCC(=O)O)CCC2C3CCC4=CC(=O)CC[C@@H]4C3CC[C@@]21C. The van der Waals surface area contributed by atoms with Crippen LogP contribution in [0.2, 0.25) is 0 Å². The van der Waals surface area contributed by atoms with E-state index in [0.29, 0.717) is 35.9 Å². The molecule has 1 N–H and O–H groups in total. The second-order valence-corrected chi connectivity index (χ2v) is 9.65. The summed E-state index contributed by atoms with van der Waals surface area (Å²) in [7, 11) is 0. The van der Waals surface area contributed by atoms with Gasteiger partial charge in [-0.2, -0.15) is 0 Å². The Balaban J connectivity index is 1.54. The zero-order chi connectivity index (χ0) is 21.5. The van der Waals surface area contributed by atoms with Crippen molar-refractivity contribution in [3.05, 3.63) is 11.6 Å². The zero-order valence-corrected chi connectivity index (χ0v) is 17.9. The predicted octanol–water partition coefficient (Wildman–Crippen LogP) is 3.95. The van der Waals surface area contributed by atoms with Crippen molar-refractivity contribution in [3.8, 4) is 12.3 Å². The van der Waals surface area contributed by atoms with Crippen molar-refractivity contribution in [2.24, 2.45) is 34.2 Å². The Morgan fingerprint density at radius 1 is 1.27 bits per heavy atom. The van der Waals surface area contributed by atoms with Crippen molar-refractivity contribution in [1.82, 2.24) is 0 Å². The molecule has 3 saturated carbocycles. The van der Waals surface area contributed by atoms with Gasteiger partial charge in [-0.1, -0.05) is 23.6 Å². The number of hydrogen-bond acceptors (Lipinski definition) is 5. The molecule has 6 atom stereocenters. The van der Waals surface area contributed by atoms with Crippen LogP contribution >= 0.6 is 0 Å². The monoisotopic (exact) mass is 413 g/mol. The fourth-order valence-electron chi connectivity index (χ4n) is 7.06. The van der Waals surface area contributed by atoms with E-state index in [9.17, 15) is 9.59 Å². The minimum atomic E-state index is -1.08. The van der Waals surface area contributed by atoms with Gasteiger partial charge in [0.15, 0.2) is 11.4 Å². The summed E-state index contributed by atoms with van der Waals surface area (Å²) in [6, 6.07) is 0. The number of aliphatic carboxylic acids is 1. The van der Waals surface area contributed by atoms with Gasteiger partial charge in [-0.05, 0) is 74.7 Å². The number of oxime groups is 1. The summed E-state index contributed by atoms with van der Waals surface area (Å²) in [5, 5.41) is 12.5. The Hall–Kier alpha value is -2.29. The lowest BCUT2D eigenvalue weighted by atomic mass is 9.50. The third-order valence-corrected chi connectivity index (χ3v) is 8.36. The maximum absolute atomic E-state index is 11.9. The van der Waals surface area contributed by atoms with Crippen LogP contribution in [-0.2, 0) is 19.2 Å². The maximum Gasteiger partial charge on any atom is 0.344 e. The van der Waals surface area contributed by atoms with E-state index >= 15 is 0 Å². The number of rotatable bonds is 4. The highest BCUT2D eigenvalue weighted by Crippen LogP contribution is 2.65. The van der Waals surface area contributed by atoms with Crippen LogP contribution in [0.5, 0.6) is 0 Å². The van der Waals surface area contributed by atoms with Crippen LogP contribution in [0.3, 0.4) is 0 Å². The molecule has 6 nitrogen and oxygen atoms in total. The van der Waals surface area contributed by atoms with Crippen LogP contribution in [0, 0.1) is 41.4 Å². The molecule has 0 bridgehead atoms. The minimum Gasteiger partial charge on any atom is -0.479 e. The van der Waals surface area contributed by atoms with Gasteiger partial charge in [0.05, 0.1) is 0 Å². The van der Waals surface area contributed by atoms with Crippen LogP contribution < -0.4 is 0 Å². The number of hydrogen-bond donors (Lipinski definition) is 1. The van der Waals surface area contributed by atoms with Crippen molar-refractivity contribution in [3.63, 3.8) is 0 Å². The van der Waals surface area contributed by atoms with Gasteiger partial charge in [-0.15, -0.1) is 6.42 Å². The predicted molar refractivity (Wildman–Crippen MR) is 111 cm³/mol. The number of terminal acetylenes is 1. The van der Waals surface area contributed by atoms with E-state index in [1.807, 2.05) is 6.08 Å². The van der Waals surface area contributed by atoms with Gasteiger partial charge in [0.25, 0.3) is 0 Å². The second kappa shape index (κ2) is 7.76. The van der Waals surface area contributed by atoms with Crippen LogP contribution in [0.25, 0.3) is 0 Å². The molecule has 4 aliphatic carbocycles. The van der Waals surface area contributed by atoms with Crippen LogP contribution in [-0.4, -0.2) is 35.0 Å². The van der Waals surface area contributed by atoms with E-state index in [1.165, 1.54) is 5.57 Å². The first-order chi connectivity index (χ1) is 14.3. The van der Waals surface area contributed by atoms with Gasteiger partial charge >= 0.3 is 5.97 Å². The minimum absolute atomic E-state index is 0.155. The summed E-state index contributed by atoms with van der Waals surface area (Å²) in [5.74, 6) is 4.75. The molecule has 0 aromatic rings. The summed E-state index contributed by atoms with van der Waals surface area (Å²) in [4.78, 5) is 27.4. The van der Waals surface area contributed by atoms with E-state index in [2.05, 4.69) is 18.0 Å². The third kappa shape index (κ3) is 3.33. The van der Waals surface area contributed by atoms with Crippen LogP contribution in [0.15, 0.2) is 16.8 Å². The quantitative estimate of drug-likeness (QED) is 0.326. The molecule has 6 heteroatoms.